The molecular formula is C12H19FN4. The Morgan fingerprint density at radius 1 is 1.41 bits per heavy atom. The minimum absolute atomic E-state index is 0.129. The molecule has 1 aromatic heterocycles. The zero-order valence-electron chi connectivity index (χ0n) is 10.5. The highest BCUT2D eigenvalue weighted by Gasteiger charge is 2.43. The maximum Gasteiger partial charge on any atom is 0.225 e. The van der Waals surface area contributed by atoms with Gasteiger partial charge in [-0.25, -0.2) is 14.4 Å². The lowest BCUT2D eigenvalue weighted by atomic mass is 9.82. The molecule has 3 atom stereocenters. The summed E-state index contributed by atoms with van der Waals surface area (Å²) in [7, 11) is 0. The number of piperidine rings is 1. The average molecular weight is 238 g/mol. The summed E-state index contributed by atoms with van der Waals surface area (Å²) in [6, 6.07) is -0.504. The van der Waals surface area contributed by atoms with Gasteiger partial charge in [0.15, 0.2) is 0 Å². The molecule has 1 aliphatic rings. The Bertz CT molecular complexity index is 376. The zero-order chi connectivity index (χ0) is 12.6. The van der Waals surface area contributed by atoms with Crippen molar-refractivity contribution < 1.29 is 4.39 Å². The summed E-state index contributed by atoms with van der Waals surface area (Å²) >= 11 is 0. The number of hydrogen-bond acceptors (Lipinski definition) is 4. The van der Waals surface area contributed by atoms with E-state index in [1.54, 1.807) is 19.3 Å². The highest BCUT2D eigenvalue weighted by atomic mass is 19.1. The number of hydrogen-bond donors (Lipinski definition) is 1. The monoisotopic (exact) mass is 238 g/mol. The maximum atomic E-state index is 14.2. The molecule has 1 aliphatic heterocycles. The van der Waals surface area contributed by atoms with Crippen LogP contribution in [0, 0.1) is 12.8 Å². The molecule has 5 heteroatoms. The number of anilines is 1. The van der Waals surface area contributed by atoms with E-state index in [1.807, 2.05) is 18.7 Å². The molecule has 1 fully saturated rings. The molecule has 17 heavy (non-hydrogen) atoms. The standard InChI is InChI=1S/C12H19FN4/c1-8-4-15-11(16-5-8)17-6-9(2)12(3,13)10(14)7-17/h4-5,9-10H,6-7,14H2,1-3H3/t9-,10?,12?/m1/s1. The first kappa shape index (κ1) is 12.2. The lowest BCUT2D eigenvalue weighted by Gasteiger charge is -2.43. The third kappa shape index (κ3) is 2.24. The van der Waals surface area contributed by atoms with Crippen LogP contribution >= 0.6 is 0 Å². The predicted molar refractivity (Wildman–Crippen MR) is 65.6 cm³/mol. The van der Waals surface area contributed by atoms with E-state index in [1.165, 1.54) is 0 Å². The van der Waals surface area contributed by atoms with Crippen LogP contribution in [0.2, 0.25) is 0 Å². The fraction of sp³-hybridized carbons (Fsp3) is 0.667. The summed E-state index contributed by atoms with van der Waals surface area (Å²) in [6.07, 6.45) is 3.53. The Kier molecular flexibility index (Phi) is 3.03. The van der Waals surface area contributed by atoms with Gasteiger partial charge >= 0.3 is 0 Å². The largest absolute Gasteiger partial charge is 0.339 e. The quantitative estimate of drug-likeness (QED) is 0.801. The Morgan fingerprint density at radius 2 is 2.00 bits per heavy atom. The highest BCUT2D eigenvalue weighted by molar-refractivity contribution is 5.32. The summed E-state index contributed by atoms with van der Waals surface area (Å²) in [6.45, 7) is 6.45. The molecule has 0 spiro atoms. The Labute approximate surface area is 101 Å². The first-order valence-electron chi connectivity index (χ1n) is 5.89. The van der Waals surface area contributed by atoms with Crippen molar-refractivity contribution >= 4 is 5.95 Å². The third-order valence-corrected chi connectivity index (χ3v) is 3.65. The van der Waals surface area contributed by atoms with Gasteiger partial charge in [0, 0.05) is 31.4 Å². The van der Waals surface area contributed by atoms with Crippen molar-refractivity contribution in [3.05, 3.63) is 18.0 Å². The Morgan fingerprint density at radius 3 is 2.53 bits per heavy atom. The van der Waals surface area contributed by atoms with E-state index in [2.05, 4.69) is 9.97 Å². The van der Waals surface area contributed by atoms with Crippen molar-refractivity contribution in [3.63, 3.8) is 0 Å². The molecule has 4 nitrogen and oxygen atoms in total. The smallest absolute Gasteiger partial charge is 0.225 e. The molecule has 0 aliphatic carbocycles. The van der Waals surface area contributed by atoms with Crippen LogP contribution in [0.4, 0.5) is 10.3 Å². The van der Waals surface area contributed by atoms with Crippen LogP contribution in [0.5, 0.6) is 0 Å². The molecule has 0 radical (unpaired) electrons. The van der Waals surface area contributed by atoms with Gasteiger partial charge < -0.3 is 10.6 Å². The van der Waals surface area contributed by atoms with Crippen molar-refractivity contribution in [1.29, 1.82) is 0 Å². The van der Waals surface area contributed by atoms with Gasteiger partial charge in [-0.3, -0.25) is 0 Å². The molecule has 1 aromatic rings. The van der Waals surface area contributed by atoms with Crippen molar-refractivity contribution in [2.24, 2.45) is 11.7 Å². The highest BCUT2D eigenvalue weighted by Crippen LogP contribution is 2.31. The minimum Gasteiger partial charge on any atom is -0.339 e. The molecule has 2 rings (SSSR count). The lowest BCUT2D eigenvalue weighted by Crippen LogP contribution is -2.60. The Hall–Kier alpha value is -1.23. The van der Waals surface area contributed by atoms with Crippen LogP contribution in [0.3, 0.4) is 0 Å². The van der Waals surface area contributed by atoms with Gasteiger partial charge in [0.2, 0.25) is 5.95 Å². The second kappa shape index (κ2) is 4.22. The number of nitrogens with zero attached hydrogens (tertiary/aromatic N) is 3. The van der Waals surface area contributed by atoms with Gasteiger partial charge in [0.25, 0.3) is 0 Å². The number of aryl methyl sites for hydroxylation is 1. The van der Waals surface area contributed by atoms with Crippen molar-refractivity contribution in [2.75, 3.05) is 18.0 Å². The van der Waals surface area contributed by atoms with E-state index in [0.29, 0.717) is 19.0 Å². The van der Waals surface area contributed by atoms with E-state index >= 15 is 0 Å². The number of halogens is 1. The van der Waals surface area contributed by atoms with Crippen molar-refractivity contribution in [1.82, 2.24) is 9.97 Å². The van der Waals surface area contributed by atoms with E-state index in [-0.39, 0.29) is 5.92 Å². The molecule has 2 heterocycles. The van der Waals surface area contributed by atoms with Crippen molar-refractivity contribution in [3.8, 4) is 0 Å². The van der Waals surface area contributed by atoms with E-state index in [4.69, 9.17) is 5.73 Å². The van der Waals surface area contributed by atoms with Crippen LogP contribution in [0.1, 0.15) is 19.4 Å². The fourth-order valence-electron chi connectivity index (χ4n) is 2.08. The second-order valence-corrected chi connectivity index (χ2v) is 5.12. The van der Waals surface area contributed by atoms with Crippen LogP contribution in [-0.2, 0) is 0 Å². The molecular weight excluding hydrogens is 219 g/mol. The summed E-state index contributed by atoms with van der Waals surface area (Å²) in [5, 5.41) is 0. The number of rotatable bonds is 1. The number of alkyl halides is 1. The van der Waals surface area contributed by atoms with Gasteiger partial charge in [0.05, 0.1) is 6.04 Å². The summed E-state index contributed by atoms with van der Waals surface area (Å²) in [5.74, 6) is 0.504. The van der Waals surface area contributed by atoms with Gasteiger partial charge in [0.1, 0.15) is 5.67 Å². The molecule has 2 N–H and O–H groups in total. The van der Waals surface area contributed by atoms with E-state index in [0.717, 1.165) is 5.56 Å². The molecule has 0 bridgehead atoms. The SMILES string of the molecule is Cc1cnc(N2CC(N)C(C)(F)[C@H](C)C2)nc1. The molecule has 94 valence electrons. The number of aromatic nitrogens is 2. The first-order valence-corrected chi connectivity index (χ1v) is 5.89. The Balaban J connectivity index is 2.17. The minimum atomic E-state index is -1.32. The maximum absolute atomic E-state index is 14.2. The molecule has 0 aromatic carbocycles. The third-order valence-electron chi connectivity index (χ3n) is 3.65. The van der Waals surface area contributed by atoms with Crippen LogP contribution in [0.25, 0.3) is 0 Å². The average Bonchev–Trinajstić information content (AvgIpc) is 2.27. The lowest BCUT2D eigenvalue weighted by molar-refractivity contribution is 0.0660. The zero-order valence-corrected chi connectivity index (χ0v) is 10.5. The van der Waals surface area contributed by atoms with Gasteiger partial charge in [-0.15, -0.1) is 0 Å². The van der Waals surface area contributed by atoms with E-state index in [9.17, 15) is 4.39 Å². The summed E-state index contributed by atoms with van der Waals surface area (Å²) in [4.78, 5) is 10.5. The van der Waals surface area contributed by atoms with E-state index < -0.39 is 11.7 Å². The van der Waals surface area contributed by atoms with Crippen molar-refractivity contribution in [2.45, 2.75) is 32.5 Å². The van der Waals surface area contributed by atoms with Gasteiger partial charge in [-0.05, 0) is 19.4 Å². The topological polar surface area (TPSA) is 55.0 Å². The molecule has 1 saturated heterocycles. The van der Waals surface area contributed by atoms with Crippen LogP contribution in [-0.4, -0.2) is 34.8 Å². The number of nitrogens with two attached hydrogens (primary N) is 1. The first-order chi connectivity index (χ1) is 7.91. The fourth-order valence-corrected chi connectivity index (χ4v) is 2.08. The van der Waals surface area contributed by atoms with Gasteiger partial charge in [-0.2, -0.15) is 0 Å². The summed E-state index contributed by atoms with van der Waals surface area (Å²) < 4.78 is 14.2. The molecule has 0 amide bonds. The molecule has 2 unspecified atom stereocenters. The van der Waals surface area contributed by atoms with Crippen LogP contribution < -0.4 is 10.6 Å². The summed E-state index contributed by atoms with van der Waals surface area (Å²) in [5.41, 5.74) is 5.58. The predicted octanol–water partition coefficient (Wildman–Crippen LogP) is 1.30. The van der Waals surface area contributed by atoms with Gasteiger partial charge in [-0.1, -0.05) is 6.92 Å². The normalized spacial score (nSPS) is 33.8. The second-order valence-electron chi connectivity index (χ2n) is 5.12. The van der Waals surface area contributed by atoms with Crippen LogP contribution in [0.15, 0.2) is 12.4 Å². The molecule has 0 saturated carbocycles.